The van der Waals surface area contributed by atoms with Crippen LogP contribution in [0.4, 0.5) is 0 Å². The minimum atomic E-state index is -3.50. The van der Waals surface area contributed by atoms with Gasteiger partial charge in [0, 0.05) is 17.1 Å². The van der Waals surface area contributed by atoms with Crippen molar-refractivity contribution in [3.05, 3.63) is 27.7 Å². The standard InChI is InChI=1S/C15H23BrN2O2S/c1-10-4-3-5-13(6-10)18-21(19,20)15-8-12(9-17)7-14(16)11(15)2/h7-8,10,13,18H,3-6,9,17H2,1-2H3. The molecule has 4 nitrogen and oxygen atoms in total. The van der Waals surface area contributed by atoms with Gasteiger partial charge in [-0.3, -0.25) is 0 Å². The van der Waals surface area contributed by atoms with Crippen molar-refractivity contribution in [3.8, 4) is 0 Å². The summed E-state index contributed by atoms with van der Waals surface area (Å²) in [4.78, 5) is 0.329. The first kappa shape index (κ1) is 16.9. The van der Waals surface area contributed by atoms with Crippen LogP contribution < -0.4 is 10.5 Å². The van der Waals surface area contributed by atoms with Gasteiger partial charge in [0.25, 0.3) is 0 Å². The van der Waals surface area contributed by atoms with E-state index in [1.807, 2.05) is 13.0 Å². The van der Waals surface area contributed by atoms with E-state index >= 15 is 0 Å². The Morgan fingerprint density at radius 3 is 2.71 bits per heavy atom. The van der Waals surface area contributed by atoms with Crippen molar-refractivity contribution >= 4 is 26.0 Å². The van der Waals surface area contributed by atoms with Crippen molar-refractivity contribution < 1.29 is 8.42 Å². The van der Waals surface area contributed by atoms with Gasteiger partial charge < -0.3 is 5.73 Å². The number of hydrogen-bond donors (Lipinski definition) is 2. The quantitative estimate of drug-likeness (QED) is 0.850. The molecule has 1 fully saturated rings. The molecule has 1 aliphatic rings. The summed E-state index contributed by atoms with van der Waals surface area (Å²) in [7, 11) is -3.50. The Morgan fingerprint density at radius 1 is 1.38 bits per heavy atom. The molecule has 0 bridgehead atoms. The van der Waals surface area contributed by atoms with E-state index in [-0.39, 0.29) is 6.04 Å². The lowest BCUT2D eigenvalue weighted by molar-refractivity contribution is 0.327. The average Bonchev–Trinajstić information content (AvgIpc) is 2.41. The zero-order valence-corrected chi connectivity index (χ0v) is 14.9. The van der Waals surface area contributed by atoms with Crippen LogP contribution in [0.5, 0.6) is 0 Å². The van der Waals surface area contributed by atoms with Crippen molar-refractivity contribution in [1.29, 1.82) is 0 Å². The Kier molecular flexibility index (Phi) is 5.46. The van der Waals surface area contributed by atoms with Crippen LogP contribution in [-0.2, 0) is 16.6 Å². The molecule has 1 saturated carbocycles. The summed E-state index contributed by atoms with van der Waals surface area (Å²) in [5, 5.41) is 0. The topological polar surface area (TPSA) is 72.2 Å². The largest absolute Gasteiger partial charge is 0.326 e. The zero-order valence-electron chi connectivity index (χ0n) is 12.5. The second-order valence-corrected chi connectivity index (χ2v) is 8.53. The first-order valence-corrected chi connectivity index (χ1v) is 9.62. The second kappa shape index (κ2) is 6.77. The lowest BCUT2D eigenvalue weighted by atomic mass is 9.88. The van der Waals surface area contributed by atoms with Crippen LogP contribution in [0.3, 0.4) is 0 Å². The van der Waals surface area contributed by atoms with E-state index in [0.29, 0.717) is 17.4 Å². The Balaban J connectivity index is 2.29. The minimum Gasteiger partial charge on any atom is -0.326 e. The number of sulfonamides is 1. The molecule has 2 unspecified atom stereocenters. The van der Waals surface area contributed by atoms with Crippen molar-refractivity contribution in [1.82, 2.24) is 4.72 Å². The van der Waals surface area contributed by atoms with Crippen LogP contribution >= 0.6 is 15.9 Å². The molecule has 0 saturated heterocycles. The van der Waals surface area contributed by atoms with Gasteiger partial charge >= 0.3 is 0 Å². The summed E-state index contributed by atoms with van der Waals surface area (Å²) in [5.41, 5.74) is 7.18. The summed E-state index contributed by atoms with van der Waals surface area (Å²) >= 11 is 3.42. The Labute approximate surface area is 135 Å². The van der Waals surface area contributed by atoms with Crippen LogP contribution in [0.1, 0.15) is 43.7 Å². The van der Waals surface area contributed by atoms with Crippen molar-refractivity contribution in [2.24, 2.45) is 11.7 Å². The fourth-order valence-electron chi connectivity index (χ4n) is 2.93. The highest BCUT2D eigenvalue weighted by atomic mass is 79.9. The summed E-state index contributed by atoms with van der Waals surface area (Å²) < 4.78 is 29.0. The normalized spacial score (nSPS) is 23.2. The van der Waals surface area contributed by atoms with Gasteiger partial charge in [-0.2, -0.15) is 0 Å². The van der Waals surface area contributed by atoms with Crippen LogP contribution in [0.2, 0.25) is 0 Å². The van der Waals surface area contributed by atoms with E-state index in [0.717, 1.165) is 34.9 Å². The van der Waals surface area contributed by atoms with E-state index in [1.54, 1.807) is 6.07 Å². The van der Waals surface area contributed by atoms with Gasteiger partial charge in [-0.15, -0.1) is 0 Å². The first-order chi connectivity index (χ1) is 9.83. The Hall–Kier alpha value is -0.430. The number of rotatable bonds is 4. The van der Waals surface area contributed by atoms with E-state index < -0.39 is 10.0 Å². The third-order valence-electron chi connectivity index (χ3n) is 4.14. The lowest BCUT2D eigenvalue weighted by Gasteiger charge is -2.27. The fourth-order valence-corrected chi connectivity index (χ4v) is 5.17. The number of halogens is 1. The Morgan fingerprint density at radius 2 is 2.10 bits per heavy atom. The molecule has 0 spiro atoms. The average molecular weight is 375 g/mol. The van der Waals surface area contributed by atoms with E-state index in [4.69, 9.17) is 5.73 Å². The van der Waals surface area contributed by atoms with E-state index in [2.05, 4.69) is 27.6 Å². The third kappa shape index (κ3) is 4.06. The molecule has 2 rings (SSSR count). The number of nitrogens with one attached hydrogen (secondary N) is 1. The third-order valence-corrected chi connectivity index (χ3v) is 6.61. The van der Waals surface area contributed by atoms with Crippen molar-refractivity contribution in [2.45, 2.75) is 57.0 Å². The van der Waals surface area contributed by atoms with Gasteiger partial charge in [-0.1, -0.05) is 35.7 Å². The van der Waals surface area contributed by atoms with Crippen LogP contribution in [-0.4, -0.2) is 14.5 Å². The highest BCUT2D eigenvalue weighted by molar-refractivity contribution is 9.10. The predicted molar refractivity (Wildman–Crippen MR) is 88.5 cm³/mol. The van der Waals surface area contributed by atoms with Gasteiger partial charge in [0.1, 0.15) is 0 Å². The second-order valence-electron chi connectivity index (χ2n) is 5.99. The SMILES string of the molecule is Cc1c(Br)cc(CN)cc1S(=O)(=O)NC1CCCC(C)C1. The summed E-state index contributed by atoms with van der Waals surface area (Å²) in [6.07, 6.45) is 4.10. The van der Waals surface area contributed by atoms with Gasteiger partial charge in [0.15, 0.2) is 0 Å². The fraction of sp³-hybridized carbons (Fsp3) is 0.600. The maximum absolute atomic E-state index is 12.7. The molecule has 0 aliphatic heterocycles. The molecule has 1 aromatic rings. The van der Waals surface area contributed by atoms with E-state index in [9.17, 15) is 8.42 Å². The highest BCUT2D eigenvalue weighted by Crippen LogP contribution is 2.28. The molecule has 0 radical (unpaired) electrons. The highest BCUT2D eigenvalue weighted by Gasteiger charge is 2.26. The molecular weight excluding hydrogens is 352 g/mol. The first-order valence-electron chi connectivity index (χ1n) is 7.35. The molecular formula is C15H23BrN2O2S. The molecule has 118 valence electrons. The summed E-state index contributed by atoms with van der Waals surface area (Å²) in [5.74, 6) is 0.578. The molecule has 0 aromatic heterocycles. The maximum atomic E-state index is 12.7. The van der Waals surface area contributed by atoms with Crippen molar-refractivity contribution in [3.63, 3.8) is 0 Å². The molecule has 21 heavy (non-hydrogen) atoms. The van der Waals surface area contributed by atoms with Crippen LogP contribution in [0, 0.1) is 12.8 Å². The number of hydrogen-bond acceptors (Lipinski definition) is 3. The maximum Gasteiger partial charge on any atom is 0.241 e. The number of nitrogens with two attached hydrogens (primary N) is 1. The monoisotopic (exact) mass is 374 g/mol. The molecule has 1 aliphatic carbocycles. The van der Waals surface area contributed by atoms with Gasteiger partial charge in [0.05, 0.1) is 4.90 Å². The minimum absolute atomic E-state index is 0.0402. The smallest absolute Gasteiger partial charge is 0.241 e. The number of benzene rings is 1. The van der Waals surface area contributed by atoms with Crippen LogP contribution in [0.25, 0.3) is 0 Å². The van der Waals surface area contributed by atoms with Crippen molar-refractivity contribution in [2.75, 3.05) is 0 Å². The Bertz CT molecular complexity index is 616. The zero-order chi connectivity index (χ0) is 15.6. The van der Waals surface area contributed by atoms with Gasteiger partial charge in [-0.05, 0) is 48.9 Å². The van der Waals surface area contributed by atoms with E-state index in [1.165, 1.54) is 6.42 Å². The molecule has 0 heterocycles. The molecule has 6 heteroatoms. The molecule has 1 aromatic carbocycles. The summed E-state index contributed by atoms with van der Waals surface area (Å²) in [6.45, 7) is 4.31. The van der Waals surface area contributed by atoms with Gasteiger partial charge in [0.2, 0.25) is 10.0 Å². The lowest BCUT2D eigenvalue weighted by Crippen LogP contribution is -2.38. The summed E-state index contributed by atoms with van der Waals surface area (Å²) in [6, 6.07) is 3.59. The predicted octanol–water partition coefficient (Wildman–Crippen LogP) is 3.07. The van der Waals surface area contributed by atoms with Gasteiger partial charge in [-0.25, -0.2) is 13.1 Å². The molecule has 2 atom stereocenters. The molecule has 3 N–H and O–H groups in total. The van der Waals surface area contributed by atoms with Crippen LogP contribution in [0.15, 0.2) is 21.5 Å². The molecule has 0 amide bonds.